The highest BCUT2D eigenvalue weighted by atomic mass is 16.3. The quantitative estimate of drug-likeness (QED) is 0.588. The van der Waals surface area contributed by atoms with Crippen molar-refractivity contribution >= 4 is 17.5 Å². The summed E-state index contributed by atoms with van der Waals surface area (Å²) in [6.07, 6.45) is 0.0946. The summed E-state index contributed by atoms with van der Waals surface area (Å²) in [4.78, 5) is 23.7. The fraction of sp³-hybridized carbons (Fsp3) is 0.438. The lowest BCUT2D eigenvalue weighted by atomic mass is 10.1. The van der Waals surface area contributed by atoms with Crippen LogP contribution in [0.4, 0.5) is 0 Å². The summed E-state index contributed by atoms with van der Waals surface area (Å²) in [6, 6.07) is 4.89. The molecule has 0 aliphatic rings. The third-order valence-electron chi connectivity index (χ3n) is 2.76. The Hall–Kier alpha value is -2.37. The van der Waals surface area contributed by atoms with E-state index in [0.29, 0.717) is 11.3 Å². The normalized spacial score (nSPS) is 12.0. The van der Waals surface area contributed by atoms with Crippen molar-refractivity contribution in [2.75, 3.05) is 0 Å². The van der Waals surface area contributed by atoms with E-state index in [0.717, 1.165) is 0 Å². The van der Waals surface area contributed by atoms with E-state index in [9.17, 15) is 14.7 Å². The molecule has 1 aromatic rings. The van der Waals surface area contributed by atoms with Crippen LogP contribution < -0.4 is 10.7 Å². The molecule has 2 amide bonds. The van der Waals surface area contributed by atoms with Gasteiger partial charge in [0, 0.05) is 11.3 Å². The molecule has 120 valence electrons. The molecule has 3 N–H and O–H groups in total. The number of carbonyl (C=O) groups excluding carboxylic acids is 2. The van der Waals surface area contributed by atoms with Crippen LogP contribution in [0.15, 0.2) is 23.3 Å². The first-order valence-electron chi connectivity index (χ1n) is 7.03. The summed E-state index contributed by atoms with van der Waals surface area (Å²) in [7, 11) is 0. The second-order valence-corrected chi connectivity index (χ2v) is 6.23. The Morgan fingerprint density at radius 1 is 1.27 bits per heavy atom. The molecule has 0 saturated heterocycles. The van der Waals surface area contributed by atoms with Crippen molar-refractivity contribution in [2.24, 2.45) is 5.10 Å². The van der Waals surface area contributed by atoms with Crippen molar-refractivity contribution in [3.8, 4) is 5.75 Å². The lowest BCUT2D eigenvalue weighted by molar-refractivity contribution is -0.121. The smallest absolute Gasteiger partial charge is 0.275 e. The number of hydrogen-bond donors (Lipinski definition) is 3. The van der Waals surface area contributed by atoms with Crippen LogP contribution in [-0.4, -0.2) is 28.2 Å². The molecule has 0 bridgehead atoms. The van der Waals surface area contributed by atoms with E-state index in [1.807, 2.05) is 20.8 Å². The Morgan fingerprint density at radius 2 is 1.91 bits per heavy atom. The first-order valence-corrected chi connectivity index (χ1v) is 7.03. The van der Waals surface area contributed by atoms with E-state index in [1.54, 1.807) is 26.0 Å². The Morgan fingerprint density at radius 3 is 2.50 bits per heavy atom. The van der Waals surface area contributed by atoms with E-state index in [4.69, 9.17) is 0 Å². The summed E-state index contributed by atoms with van der Waals surface area (Å²) in [5.74, 6) is -0.753. The van der Waals surface area contributed by atoms with Gasteiger partial charge >= 0.3 is 0 Å². The molecule has 0 fully saturated rings. The summed E-state index contributed by atoms with van der Waals surface area (Å²) < 4.78 is 0. The number of nitrogens with zero attached hydrogens (tertiary/aromatic N) is 1. The maximum absolute atomic E-state index is 12.0. The highest BCUT2D eigenvalue weighted by molar-refractivity contribution is 6.02. The fourth-order valence-electron chi connectivity index (χ4n) is 1.78. The van der Waals surface area contributed by atoms with Crippen molar-refractivity contribution in [1.29, 1.82) is 0 Å². The van der Waals surface area contributed by atoms with Crippen LogP contribution in [0, 0.1) is 6.92 Å². The van der Waals surface area contributed by atoms with Crippen LogP contribution in [0.3, 0.4) is 0 Å². The van der Waals surface area contributed by atoms with E-state index in [1.165, 1.54) is 6.07 Å². The number of hydrazone groups is 1. The minimum Gasteiger partial charge on any atom is -0.507 e. The molecular weight excluding hydrogens is 282 g/mol. The van der Waals surface area contributed by atoms with Gasteiger partial charge in [-0.2, -0.15) is 5.10 Å². The van der Waals surface area contributed by atoms with Gasteiger partial charge in [-0.15, -0.1) is 0 Å². The molecule has 1 rings (SSSR count). The highest BCUT2D eigenvalue weighted by Gasteiger charge is 2.15. The van der Waals surface area contributed by atoms with E-state index < -0.39 is 5.91 Å². The lowest BCUT2D eigenvalue weighted by Crippen LogP contribution is -2.41. The zero-order valence-corrected chi connectivity index (χ0v) is 13.7. The maximum atomic E-state index is 12.0. The Balaban J connectivity index is 2.65. The molecule has 6 heteroatoms. The van der Waals surface area contributed by atoms with Gasteiger partial charge in [0.05, 0.1) is 12.0 Å². The van der Waals surface area contributed by atoms with Crippen molar-refractivity contribution in [2.45, 2.75) is 46.6 Å². The van der Waals surface area contributed by atoms with Gasteiger partial charge in [0.25, 0.3) is 5.91 Å². The van der Waals surface area contributed by atoms with Gasteiger partial charge < -0.3 is 10.4 Å². The highest BCUT2D eigenvalue weighted by Crippen LogP contribution is 2.20. The Bertz CT molecular complexity index is 601. The Labute approximate surface area is 130 Å². The number of carbonyl (C=O) groups is 2. The number of benzene rings is 1. The average Bonchev–Trinajstić information content (AvgIpc) is 2.36. The molecule has 22 heavy (non-hydrogen) atoms. The molecular formula is C16H23N3O3. The summed E-state index contributed by atoms with van der Waals surface area (Å²) in [5, 5.41) is 16.5. The van der Waals surface area contributed by atoms with Gasteiger partial charge in [0.1, 0.15) is 5.75 Å². The molecule has 0 aliphatic carbocycles. The van der Waals surface area contributed by atoms with Crippen LogP contribution >= 0.6 is 0 Å². The number of nitrogens with one attached hydrogen (secondary N) is 2. The maximum Gasteiger partial charge on any atom is 0.275 e. The zero-order valence-electron chi connectivity index (χ0n) is 13.7. The van der Waals surface area contributed by atoms with Crippen molar-refractivity contribution in [3.05, 3.63) is 29.3 Å². The number of phenols is 1. The van der Waals surface area contributed by atoms with Crippen molar-refractivity contribution in [3.63, 3.8) is 0 Å². The number of rotatable bonds is 4. The predicted molar refractivity (Wildman–Crippen MR) is 85.9 cm³/mol. The first kappa shape index (κ1) is 17.7. The second kappa shape index (κ2) is 7.06. The first-order chi connectivity index (χ1) is 10.1. The van der Waals surface area contributed by atoms with Crippen molar-refractivity contribution in [1.82, 2.24) is 10.7 Å². The van der Waals surface area contributed by atoms with Crippen molar-refractivity contribution < 1.29 is 14.7 Å². The molecule has 0 aromatic heterocycles. The van der Waals surface area contributed by atoms with E-state index in [2.05, 4.69) is 15.8 Å². The molecule has 0 aliphatic heterocycles. The molecule has 0 radical (unpaired) electrons. The predicted octanol–water partition coefficient (Wildman–Crippen LogP) is 2.11. The summed E-state index contributed by atoms with van der Waals surface area (Å²) in [5.41, 5.74) is 3.26. The SMILES string of the molecule is C/C(CC(=O)NC(C)(C)C)=N/NC(=O)c1cccc(C)c1O. The average molecular weight is 305 g/mol. The number of amides is 2. The van der Waals surface area contributed by atoms with Crippen LogP contribution in [0.1, 0.15) is 50.0 Å². The minimum atomic E-state index is -0.517. The number of para-hydroxylation sites is 1. The molecule has 0 spiro atoms. The molecule has 6 nitrogen and oxygen atoms in total. The van der Waals surface area contributed by atoms with Gasteiger partial charge in [0.15, 0.2) is 0 Å². The minimum absolute atomic E-state index is 0.0710. The molecule has 0 heterocycles. The standard InChI is InChI=1S/C16H23N3O3/c1-10-7-6-8-12(14(10)21)15(22)19-18-11(2)9-13(20)17-16(3,4)5/h6-8,21H,9H2,1-5H3,(H,17,20)(H,19,22)/b18-11-. The van der Waals surface area contributed by atoms with Gasteiger partial charge in [-0.3, -0.25) is 9.59 Å². The summed E-state index contributed by atoms with van der Waals surface area (Å²) >= 11 is 0. The van der Waals surface area contributed by atoms with Crippen LogP contribution in [0.2, 0.25) is 0 Å². The largest absolute Gasteiger partial charge is 0.507 e. The Kier molecular flexibility index (Phi) is 5.68. The molecule has 1 aromatic carbocycles. The topological polar surface area (TPSA) is 90.8 Å². The number of aryl methyl sites for hydroxylation is 1. The number of hydrogen-bond acceptors (Lipinski definition) is 4. The molecule has 0 atom stereocenters. The van der Waals surface area contributed by atoms with Gasteiger partial charge in [-0.25, -0.2) is 5.43 Å². The third-order valence-corrected chi connectivity index (χ3v) is 2.76. The number of aromatic hydroxyl groups is 1. The van der Waals surface area contributed by atoms with Crippen LogP contribution in [0.5, 0.6) is 5.75 Å². The zero-order chi connectivity index (χ0) is 16.9. The van der Waals surface area contributed by atoms with E-state index >= 15 is 0 Å². The second-order valence-electron chi connectivity index (χ2n) is 6.23. The lowest BCUT2D eigenvalue weighted by Gasteiger charge is -2.20. The van der Waals surface area contributed by atoms with Gasteiger partial charge in [0.2, 0.25) is 5.91 Å². The number of phenolic OH excluding ortho intramolecular Hbond substituents is 1. The fourth-order valence-corrected chi connectivity index (χ4v) is 1.78. The van der Waals surface area contributed by atoms with E-state index in [-0.39, 0.29) is 29.2 Å². The molecule has 0 saturated carbocycles. The van der Waals surface area contributed by atoms with Gasteiger partial charge in [-0.05, 0) is 46.2 Å². The van der Waals surface area contributed by atoms with Crippen LogP contribution in [0.25, 0.3) is 0 Å². The molecule has 0 unspecified atom stereocenters. The van der Waals surface area contributed by atoms with Crippen LogP contribution in [-0.2, 0) is 4.79 Å². The van der Waals surface area contributed by atoms with Gasteiger partial charge in [-0.1, -0.05) is 12.1 Å². The monoisotopic (exact) mass is 305 g/mol. The summed E-state index contributed by atoms with van der Waals surface area (Å²) in [6.45, 7) is 9.02. The third kappa shape index (κ3) is 5.55.